The van der Waals surface area contributed by atoms with Gasteiger partial charge in [0.2, 0.25) is 5.88 Å². The molecule has 0 spiro atoms. The molecule has 7 heteroatoms. The van der Waals surface area contributed by atoms with Crippen molar-refractivity contribution in [3.8, 4) is 17.1 Å². The van der Waals surface area contributed by atoms with Gasteiger partial charge in [-0.25, -0.2) is 4.98 Å². The first-order chi connectivity index (χ1) is 13.2. The van der Waals surface area contributed by atoms with Crippen LogP contribution in [-0.4, -0.2) is 21.7 Å². The Bertz CT molecular complexity index is 1090. The Kier molecular flexibility index (Phi) is 4.88. The van der Waals surface area contributed by atoms with Crippen molar-refractivity contribution >= 4 is 34.7 Å². The van der Waals surface area contributed by atoms with Gasteiger partial charge in [0, 0.05) is 22.2 Å². The lowest BCUT2D eigenvalue weighted by Crippen LogP contribution is -2.05. The second kappa shape index (κ2) is 7.47. The molecule has 0 atom stereocenters. The van der Waals surface area contributed by atoms with E-state index in [0.29, 0.717) is 34.6 Å². The van der Waals surface area contributed by atoms with Crippen LogP contribution in [-0.2, 0) is 6.54 Å². The first-order valence-electron chi connectivity index (χ1n) is 8.32. The molecule has 0 radical (unpaired) electrons. The molecule has 4 rings (SSSR count). The summed E-state index contributed by atoms with van der Waals surface area (Å²) in [6, 6.07) is 18.9. The molecule has 4 aromatic rings. The first kappa shape index (κ1) is 17.6. The van der Waals surface area contributed by atoms with E-state index in [4.69, 9.17) is 27.9 Å². The van der Waals surface area contributed by atoms with Gasteiger partial charge in [0.15, 0.2) is 5.65 Å². The molecule has 2 aromatic heterocycles. The number of benzene rings is 2. The summed E-state index contributed by atoms with van der Waals surface area (Å²) < 4.78 is 7.26. The van der Waals surface area contributed by atoms with Crippen LogP contribution in [0.5, 0.6) is 5.88 Å². The summed E-state index contributed by atoms with van der Waals surface area (Å²) in [6.45, 7) is 0.569. The quantitative estimate of drug-likeness (QED) is 0.493. The third kappa shape index (κ3) is 3.56. The van der Waals surface area contributed by atoms with E-state index < -0.39 is 0 Å². The maximum atomic E-state index is 6.21. The molecule has 5 nitrogen and oxygen atoms in total. The van der Waals surface area contributed by atoms with Crippen molar-refractivity contribution in [1.29, 1.82) is 0 Å². The van der Waals surface area contributed by atoms with Crippen LogP contribution < -0.4 is 10.1 Å². The van der Waals surface area contributed by atoms with Gasteiger partial charge in [-0.3, -0.25) is 0 Å². The maximum Gasteiger partial charge on any atom is 0.243 e. The lowest BCUT2D eigenvalue weighted by Gasteiger charge is -2.08. The van der Waals surface area contributed by atoms with Gasteiger partial charge >= 0.3 is 0 Å². The molecule has 0 saturated carbocycles. The van der Waals surface area contributed by atoms with Gasteiger partial charge in [-0.2, -0.15) is 4.52 Å². The number of hydrogen-bond donors (Lipinski definition) is 1. The predicted octanol–water partition coefficient (Wildman–Crippen LogP) is 5.32. The zero-order chi connectivity index (χ0) is 18.8. The van der Waals surface area contributed by atoms with Crippen molar-refractivity contribution < 1.29 is 4.74 Å². The second-order valence-corrected chi connectivity index (χ2v) is 6.75. The van der Waals surface area contributed by atoms with E-state index in [0.717, 1.165) is 16.1 Å². The Balaban J connectivity index is 1.67. The van der Waals surface area contributed by atoms with Crippen LogP contribution in [0.2, 0.25) is 10.0 Å². The molecule has 27 heavy (non-hydrogen) atoms. The highest BCUT2D eigenvalue weighted by Gasteiger charge is 2.16. The molecule has 1 N–H and O–H groups in total. The van der Waals surface area contributed by atoms with Crippen LogP contribution in [0.15, 0.2) is 60.7 Å². The van der Waals surface area contributed by atoms with Crippen LogP contribution >= 0.6 is 23.2 Å². The van der Waals surface area contributed by atoms with Gasteiger partial charge in [-0.05, 0) is 35.9 Å². The highest BCUT2D eigenvalue weighted by molar-refractivity contribution is 6.31. The normalized spacial score (nSPS) is 10.9. The van der Waals surface area contributed by atoms with Crippen molar-refractivity contribution in [2.45, 2.75) is 6.54 Å². The van der Waals surface area contributed by atoms with E-state index in [9.17, 15) is 0 Å². The highest BCUT2D eigenvalue weighted by Crippen LogP contribution is 2.31. The zero-order valence-corrected chi connectivity index (χ0v) is 16.0. The topological polar surface area (TPSA) is 51.5 Å². The number of aromatic nitrogens is 3. The number of nitrogens with zero attached hydrogens (tertiary/aromatic N) is 3. The standard InChI is InChI=1S/C20H16Cl2N4O/c1-27-20-19(13-6-8-15(21)9-7-13)24-18-11-10-17(25-26(18)20)23-12-14-4-2-3-5-16(14)22/h2-11H,12H2,1H3,(H,23,25). The number of fused-ring (bicyclic) bond motifs is 1. The van der Waals surface area contributed by atoms with E-state index >= 15 is 0 Å². The number of ether oxygens (including phenoxy) is 1. The van der Waals surface area contributed by atoms with Crippen molar-refractivity contribution in [1.82, 2.24) is 14.6 Å². The minimum absolute atomic E-state index is 0.564. The lowest BCUT2D eigenvalue weighted by atomic mass is 10.2. The summed E-state index contributed by atoms with van der Waals surface area (Å²) in [4.78, 5) is 4.64. The fraction of sp³-hybridized carbons (Fsp3) is 0.100. The number of methoxy groups -OCH3 is 1. The summed E-state index contributed by atoms with van der Waals surface area (Å²) >= 11 is 12.2. The maximum absolute atomic E-state index is 6.21. The Morgan fingerprint density at radius 2 is 1.78 bits per heavy atom. The summed E-state index contributed by atoms with van der Waals surface area (Å²) in [5.74, 6) is 1.26. The molecule has 0 aliphatic rings. The van der Waals surface area contributed by atoms with Crippen LogP contribution in [0, 0.1) is 0 Å². The van der Waals surface area contributed by atoms with Crippen molar-refractivity contribution in [3.63, 3.8) is 0 Å². The molecule has 2 heterocycles. The van der Waals surface area contributed by atoms with Gasteiger partial charge in [-0.15, -0.1) is 5.10 Å². The minimum Gasteiger partial charge on any atom is -0.479 e. The molecule has 2 aromatic carbocycles. The third-order valence-electron chi connectivity index (χ3n) is 4.17. The fourth-order valence-corrected chi connectivity index (χ4v) is 3.14. The average molecular weight is 399 g/mol. The average Bonchev–Trinajstić information content (AvgIpc) is 3.05. The van der Waals surface area contributed by atoms with Gasteiger partial charge in [0.1, 0.15) is 11.5 Å². The number of anilines is 1. The predicted molar refractivity (Wildman–Crippen MR) is 109 cm³/mol. The smallest absolute Gasteiger partial charge is 0.243 e. The largest absolute Gasteiger partial charge is 0.479 e. The van der Waals surface area contributed by atoms with Crippen molar-refractivity contribution in [3.05, 3.63) is 76.3 Å². The van der Waals surface area contributed by atoms with Gasteiger partial charge in [0.25, 0.3) is 0 Å². The van der Waals surface area contributed by atoms with E-state index in [1.165, 1.54) is 0 Å². The number of halogens is 2. The monoisotopic (exact) mass is 398 g/mol. The van der Waals surface area contributed by atoms with Gasteiger partial charge in [0.05, 0.1) is 7.11 Å². The van der Waals surface area contributed by atoms with Crippen LogP contribution in [0.3, 0.4) is 0 Å². The Morgan fingerprint density at radius 1 is 1.00 bits per heavy atom. The molecule has 0 bridgehead atoms. The molecule has 0 aliphatic heterocycles. The number of rotatable bonds is 5. The molecule has 0 aliphatic carbocycles. The summed E-state index contributed by atoms with van der Waals surface area (Å²) in [5.41, 5.74) is 3.32. The molecular formula is C20H16Cl2N4O. The molecule has 0 saturated heterocycles. The van der Waals surface area contributed by atoms with Crippen molar-refractivity contribution in [2.24, 2.45) is 0 Å². The second-order valence-electron chi connectivity index (χ2n) is 5.91. The Morgan fingerprint density at radius 3 is 2.52 bits per heavy atom. The molecule has 0 fully saturated rings. The van der Waals surface area contributed by atoms with E-state index in [2.05, 4.69) is 15.4 Å². The number of nitrogens with one attached hydrogen (secondary N) is 1. The van der Waals surface area contributed by atoms with Crippen LogP contribution in [0.1, 0.15) is 5.56 Å². The van der Waals surface area contributed by atoms with Crippen LogP contribution in [0.4, 0.5) is 5.82 Å². The Hall–Kier alpha value is -2.76. The highest BCUT2D eigenvalue weighted by atomic mass is 35.5. The minimum atomic E-state index is 0.564. The summed E-state index contributed by atoms with van der Waals surface area (Å²) in [6.07, 6.45) is 0. The van der Waals surface area contributed by atoms with Crippen LogP contribution in [0.25, 0.3) is 16.9 Å². The number of imidazole rings is 1. The third-order valence-corrected chi connectivity index (χ3v) is 4.79. The van der Waals surface area contributed by atoms with E-state index in [-0.39, 0.29) is 0 Å². The zero-order valence-electron chi connectivity index (χ0n) is 14.5. The molecule has 0 unspecified atom stereocenters. The van der Waals surface area contributed by atoms with Gasteiger partial charge < -0.3 is 10.1 Å². The van der Waals surface area contributed by atoms with Gasteiger partial charge in [-0.1, -0.05) is 53.5 Å². The molecule has 0 amide bonds. The molecule has 136 valence electrons. The lowest BCUT2D eigenvalue weighted by molar-refractivity contribution is 0.389. The SMILES string of the molecule is COc1c(-c2ccc(Cl)cc2)nc2ccc(NCc3ccccc3Cl)nn12. The Labute approximate surface area is 166 Å². The van der Waals surface area contributed by atoms with Crippen molar-refractivity contribution in [2.75, 3.05) is 12.4 Å². The molecular weight excluding hydrogens is 383 g/mol. The van der Waals surface area contributed by atoms with E-state index in [1.54, 1.807) is 11.6 Å². The first-order valence-corrected chi connectivity index (χ1v) is 9.08. The summed E-state index contributed by atoms with van der Waals surface area (Å²) in [5, 5.41) is 9.28. The number of hydrogen-bond acceptors (Lipinski definition) is 4. The van der Waals surface area contributed by atoms with E-state index in [1.807, 2.05) is 60.7 Å². The summed E-state index contributed by atoms with van der Waals surface area (Å²) in [7, 11) is 1.61. The fourth-order valence-electron chi connectivity index (χ4n) is 2.81.